The second kappa shape index (κ2) is 1.20. The minimum atomic E-state index is -0.986. The van der Waals surface area contributed by atoms with Gasteiger partial charge in [0.05, 0.1) is 0 Å². The summed E-state index contributed by atoms with van der Waals surface area (Å²) in [4.78, 5) is 8.69. The molecule has 2 rings (SSSR count). The standard InChI is InChI=1S/C3H4O5/c4-1-3-2(5-3)6-8-7-3/h2,4H,1H2. The Morgan fingerprint density at radius 2 is 2.50 bits per heavy atom. The highest BCUT2D eigenvalue weighted by atomic mass is 17.6. The van der Waals surface area contributed by atoms with Crippen molar-refractivity contribution in [2.75, 3.05) is 6.61 Å². The van der Waals surface area contributed by atoms with E-state index in [9.17, 15) is 0 Å². The van der Waals surface area contributed by atoms with Gasteiger partial charge in [0.15, 0.2) is 0 Å². The molecule has 0 bridgehead atoms. The number of fused-ring (bicyclic) bond motifs is 1. The summed E-state index contributed by atoms with van der Waals surface area (Å²) >= 11 is 0. The van der Waals surface area contributed by atoms with E-state index >= 15 is 0 Å². The molecule has 5 heteroatoms. The SMILES string of the molecule is OCC12OOOC1O2. The van der Waals surface area contributed by atoms with Gasteiger partial charge in [-0.25, -0.2) is 0 Å². The van der Waals surface area contributed by atoms with Crippen molar-refractivity contribution in [1.82, 2.24) is 0 Å². The van der Waals surface area contributed by atoms with Crippen molar-refractivity contribution in [2.24, 2.45) is 0 Å². The highest BCUT2D eigenvalue weighted by Gasteiger charge is 2.67. The quantitative estimate of drug-likeness (QED) is 0.352. The van der Waals surface area contributed by atoms with Gasteiger partial charge in [0, 0.05) is 0 Å². The van der Waals surface area contributed by atoms with Gasteiger partial charge < -0.3 is 9.84 Å². The largest absolute Gasteiger partial charge is 0.390 e. The van der Waals surface area contributed by atoms with E-state index in [1.807, 2.05) is 0 Å². The number of hydrogen-bond acceptors (Lipinski definition) is 5. The number of rotatable bonds is 1. The Hall–Kier alpha value is -0.200. The molecule has 0 amide bonds. The van der Waals surface area contributed by atoms with E-state index in [1.54, 1.807) is 0 Å². The van der Waals surface area contributed by atoms with Gasteiger partial charge in [-0.1, -0.05) is 5.04 Å². The van der Waals surface area contributed by atoms with E-state index in [0.717, 1.165) is 0 Å². The van der Waals surface area contributed by atoms with Crippen molar-refractivity contribution in [3.8, 4) is 0 Å². The van der Waals surface area contributed by atoms with Gasteiger partial charge >= 0.3 is 0 Å². The minimum absolute atomic E-state index is 0.238. The highest BCUT2D eigenvalue weighted by molar-refractivity contribution is 4.87. The smallest absolute Gasteiger partial charge is 0.285 e. The molecule has 0 aliphatic carbocycles. The van der Waals surface area contributed by atoms with E-state index < -0.39 is 12.1 Å². The maximum absolute atomic E-state index is 8.46. The summed E-state index contributed by atoms with van der Waals surface area (Å²) in [6.07, 6.45) is -0.521. The van der Waals surface area contributed by atoms with Crippen LogP contribution in [0.3, 0.4) is 0 Å². The zero-order chi connectivity index (χ0) is 5.61. The van der Waals surface area contributed by atoms with Crippen LogP contribution < -0.4 is 0 Å². The molecular weight excluding hydrogens is 116 g/mol. The Morgan fingerprint density at radius 1 is 1.62 bits per heavy atom. The zero-order valence-electron chi connectivity index (χ0n) is 3.86. The normalized spacial score (nSPS) is 51.4. The summed E-state index contributed by atoms with van der Waals surface area (Å²) in [5.74, 6) is -0.986. The Bertz CT molecular complexity index is 110. The average Bonchev–Trinajstić information content (AvgIpc) is 2.38. The lowest BCUT2D eigenvalue weighted by atomic mass is 10.4. The summed E-state index contributed by atoms with van der Waals surface area (Å²) in [5, 5.41) is 12.5. The van der Waals surface area contributed by atoms with E-state index in [4.69, 9.17) is 5.11 Å². The molecule has 2 saturated heterocycles. The minimum Gasteiger partial charge on any atom is -0.390 e. The molecule has 2 atom stereocenters. The van der Waals surface area contributed by atoms with Crippen molar-refractivity contribution in [3.63, 3.8) is 0 Å². The summed E-state index contributed by atoms with van der Waals surface area (Å²) < 4.78 is 4.67. The van der Waals surface area contributed by atoms with Crippen molar-refractivity contribution >= 4 is 0 Å². The third kappa shape index (κ3) is 0.378. The zero-order valence-corrected chi connectivity index (χ0v) is 3.86. The van der Waals surface area contributed by atoms with Crippen LogP contribution in [0.25, 0.3) is 0 Å². The first-order valence-electron chi connectivity index (χ1n) is 2.17. The number of aliphatic hydroxyl groups is 1. The first-order chi connectivity index (χ1) is 3.87. The predicted molar refractivity (Wildman–Crippen MR) is 17.9 cm³/mol. The third-order valence-electron chi connectivity index (χ3n) is 1.13. The van der Waals surface area contributed by atoms with E-state index in [1.165, 1.54) is 0 Å². The fourth-order valence-electron chi connectivity index (χ4n) is 0.550. The van der Waals surface area contributed by atoms with Gasteiger partial charge in [0.1, 0.15) is 6.61 Å². The van der Waals surface area contributed by atoms with Crippen molar-refractivity contribution in [3.05, 3.63) is 0 Å². The van der Waals surface area contributed by atoms with Crippen LogP contribution in [0.1, 0.15) is 0 Å². The molecule has 0 aromatic heterocycles. The molecule has 2 aliphatic heterocycles. The third-order valence-corrected chi connectivity index (χ3v) is 1.13. The molecule has 0 radical (unpaired) electrons. The van der Waals surface area contributed by atoms with Crippen LogP contribution in [0, 0.1) is 0 Å². The van der Waals surface area contributed by atoms with Crippen LogP contribution >= 0.6 is 0 Å². The highest BCUT2D eigenvalue weighted by Crippen LogP contribution is 2.43. The fourth-order valence-corrected chi connectivity index (χ4v) is 0.550. The predicted octanol–water partition coefficient (Wildman–Crippen LogP) is -1.08. The first kappa shape index (κ1) is 4.66. The van der Waals surface area contributed by atoms with Crippen molar-refractivity contribution in [1.29, 1.82) is 0 Å². The van der Waals surface area contributed by atoms with Gasteiger partial charge in [0.25, 0.3) is 12.1 Å². The number of aliphatic hydroxyl groups excluding tert-OH is 1. The van der Waals surface area contributed by atoms with Crippen molar-refractivity contribution < 1.29 is 24.7 Å². The molecule has 0 spiro atoms. The molecule has 8 heavy (non-hydrogen) atoms. The Kier molecular flexibility index (Phi) is 0.699. The maximum atomic E-state index is 8.46. The lowest BCUT2D eigenvalue weighted by molar-refractivity contribution is -0.520. The second-order valence-electron chi connectivity index (χ2n) is 1.67. The summed E-state index contributed by atoms with van der Waals surface area (Å²) in [6, 6.07) is 0. The van der Waals surface area contributed by atoms with Crippen LogP contribution in [0.2, 0.25) is 0 Å². The molecule has 2 unspecified atom stereocenters. The van der Waals surface area contributed by atoms with Crippen LogP contribution in [0.15, 0.2) is 0 Å². The van der Waals surface area contributed by atoms with Crippen LogP contribution in [0.5, 0.6) is 0 Å². The van der Waals surface area contributed by atoms with Gasteiger partial charge in [-0.3, -0.25) is 0 Å². The topological polar surface area (TPSA) is 60.5 Å². The lowest BCUT2D eigenvalue weighted by Crippen LogP contribution is -2.17. The molecule has 5 nitrogen and oxygen atoms in total. The maximum Gasteiger partial charge on any atom is 0.285 e. The van der Waals surface area contributed by atoms with Gasteiger partial charge in [-0.05, 0) is 0 Å². The summed E-state index contributed by atoms with van der Waals surface area (Å²) in [5.41, 5.74) is 0. The number of ether oxygens (including phenoxy) is 1. The molecule has 2 heterocycles. The van der Waals surface area contributed by atoms with Crippen LogP contribution in [-0.2, 0) is 19.6 Å². The second-order valence-corrected chi connectivity index (χ2v) is 1.67. The molecule has 1 N–H and O–H groups in total. The molecule has 2 fully saturated rings. The Balaban J connectivity index is 2.08. The van der Waals surface area contributed by atoms with Crippen molar-refractivity contribution in [2.45, 2.75) is 12.1 Å². The van der Waals surface area contributed by atoms with Crippen LogP contribution in [0.4, 0.5) is 0 Å². The lowest BCUT2D eigenvalue weighted by Gasteiger charge is -1.96. The summed E-state index contributed by atoms with van der Waals surface area (Å²) in [6.45, 7) is -0.238. The molecule has 0 saturated carbocycles. The van der Waals surface area contributed by atoms with E-state index in [2.05, 4.69) is 19.6 Å². The van der Waals surface area contributed by atoms with E-state index in [-0.39, 0.29) is 6.61 Å². The molecule has 0 aromatic rings. The Morgan fingerprint density at radius 3 is 2.75 bits per heavy atom. The van der Waals surface area contributed by atoms with Gasteiger partial charge in [-0.2, -0.15) is 9.78 Å². The monoisotopic (exact) mass is 120 g/mol. The summed E-state index contributed by atoms with van der Waals surface area (Å²) in [7, 11) is 0. The number of epoxide rings is 1. The molecular formula is C3H4O5. The number of hydrogen-bond donors (Lipinski definition) is 1. The fraction of sp³-hybridized carbons (Fsp3) is 1.00. The molecule has 0 aromatic carbocycles. The van der Waals surface area contributed by atoms with Crippen LogP contribution in [-0.4, -0.2) is 23.8 Å². The first-order valence-corrected chi connectivity index (χ1v) is 2.17. The van der Waals surface area contributed by atoms with Gasteiger partial charge in [0.2, 0.25) is 0 Å². The molecule has 2 aliphatic rings. The van der Waals surface area contributed by atoms with E-state index in [0.29, 0.717) is 0 Å². The Labute approximate surface area is 44.6 Å². The molecule has 46 valence electrons. The average molecular weight is 120 g/mol. The van der Waals surface area contributed by atoms with Gasteiger partial charge in [-0.15, -0.1) is 0 Å².